The number of rotatable bonds is 7. The predicted molar refractivity (Wildman–Crippen MR) is 111 cm³/mol. The normalized spacial score (nSPS) is 12.0. The van der Waals surface area contributed by atoms with Gasteiger partial charge >= 0.3 is 0 Å². The molecule has 0 N–H and O–H groups in total. The highest BCUT2D eigenvalue weighted by molar-refractivity contribution is 7.15. The van der Waals surface area contributed by atoms with Gasteiger partial charge in [0.1, 0.15) is 5.75 Å². The Hall–Kier alpha value is -3.06. The van der Waals surface area contributed by atoms with E-state index < -0.39 is 0 Å². The third-order valence-electron chi connectivity index (χ3n) is 4.33. The summed E-state index contributed by atoms with van der Waals surface area (Å²) in [5.41, 5.74) is 1.55. The van der Waals surface area contributed by atoms with Crippen molar-refractivity contribution in [3.05, 3.63) is 69.2 Å². The summed E-state index contributed by atoms with van der Waals surface area (Å²) in [4.78, 5) is 21.8. The Kier molecular flexibility index (Phi) is 5.43. The largest absolute Gasteiger partial charge is 0.493 e. The van der Waals surface area contributed by atoms with E-state index in [1.807, 2.05) is 42.5 Å². The minimum absolute atomic E-state index is 0.173. The summed E-state index contributed by atoms with van der Waals surface area (Å²) in [5.74, 6) is 1.31. The van der Waals surface area contributed by atoms with Gasteiger partial charge in [-0.1, -0.05) is 49.3 Å². The fraction of sp³-hybridized carbons (Fsp3) is 0.238. The second kappa shape index (κ2) is 8.31. The van der Waals surface area contributed by atoms with Crippen molar-refractivity contribution in [1.82, 2.24) is 19.6 Å². The minimum atomic E-state index is -0.173. The first-order chi connectivity index (χ1) is 13.8. The van der Waals surface area contributed by atoms with Gasteiger partial charge in [-0.25, -0.2) is 0 Å². The SMILES string of the molecule is CCCCCOc1ccccc1C=c1sc2nc(-c3ccncc3)nn2c1=O. The molecule has 0 aliphatic heterocycles. The lowest BCUT2D eigenvalue weighted by Crippen LogP contribution is -2.23. The highest BCUT2D eigenvalue weighted by Gasteiger charge is 2.12. The lowest BCUT2D eigenvalue weighted by Gasteiger charge is -2.08. The molecule has 28 heavy (non-hydrogen) atoms. The first-order valence-electron chi connectivity index (χ1n) is 9.30. The monoisotopic (exact) mass is 392 g/mol. The van der Waals surface area contributed by atoms with Gasteiger partial charge in [0.15, 0.2) is 5.82 Å². The zero-order valence-corrected chi connectivity index (χ0v) is 16.4. The van der Waals surface area contributed by atoms with E-state index >= 15 is 0 Å². The van der Waals surface area contributed by atoms with Gasteiger partial charge in [-0.2, -0.15) is 9.50 Å². The number of fused-ring (bicyclic) bond motifs is 1. The third-order valence-corrected chi connectivity index (χ3v) is 5.29. The van der Waals surface area contributed by atoms with Gasteiger partial charge in [0.05, 0.1) is 11.1 Å². The number of hydrogen-bond acceptors (Lipinski definition) is 6. The molecule has 0 radical (unpaired) electrons. The summed E-state index contributed by atoms with van der Waals surface area (Å²) in [6, 6.07) is 11.4. The van der Waals surface area contributed by atoms with Crippen LogP contribution >= 0.6 is 11.3 Å². The molecule has 4 aromatic rings. The maximum absolute atomic E-state index is 12.8. The second-order valence-electron chi connectivity index (χ2n) is 6.37. The zero-order valence-electron chi connectivity index (χ0n) is 15.5. The van der Waals surface area contributed by atoms with E-state index in [4.69, 9.17) is 4.74 Å². The van der Waals surface area contributed by atoms with E-state index in [1.54, 1.807) is 12.4 Å². The predicted octanol–water partition coefficient (Wildman–Crippen LogP) is 3.33. The van der Waals surface area contributed by atoms with Gasteiger partial charge in [0, 0.05) is 23.5 Å². The van der Waals surface area contributed by atoms with Crippen molar-refractivity contribution in [3.8, 4) is 17.1 Å². The van der Waals surface area contributed by atoms with Gasteiger partial charge < -0.3 is 4.74 Å². The van der Waals surface area contributed by atoms with Crippen LogP contribution in [0.4, 0.5) is 0 Å². The Morgan fingerprint density at radius 2 is 1.96 bits per heavy atom. The first-order valence-corrected chi connectivity index (χ1v) is 10.1. The Balaban J connectivity index is 1.66. The van der Waals surface area contributed by atoms with Crippen LogP contribution in [0.3, 0.4) is 0 Å². The van der Waals surface area contributed by atoms with E-state index in [0.717, 1.165) is 36.1 Å². The molecule has 6 nitrogen and oxygen atoms in total. The summed E-state index contributed by atoms with van der Waals surface area (Å²) in [6.07, 6.45) is 8.53. The smallest absolute Gasteiger partial charge is 0.291 e. The molecule has 0 spiro atoms. The minimum Gasteiger partial charge on any atom is -0.493 e. The number of hydrogen-bond donors (Lipinski definition) is 0. The molecular weight excluding hydrogens is 372 g/mol. The van der Waals surface area contributed by atoms with Crippen LogP contribution in [0.2, 0.25) is 0 Å². The lowest BCUT2D eigenvalue weighted by atomic mass is 10.2. The second-order valence-corrected chi connectivity index (χ2v) is 7.38. The molecule has 0 atom stereocenters. The topological polar surface area (TPSA) is 69.4 Å². The van der Waals surface area contributed by atoms with Crippen molar-refractivity contribution in [2.45, 2.75) is 26.2 Å². The maximum Gasteiger partial charge on any atom is 0.291 e. The van der Waals surface area contributed by atoms with E-state index in [1.165, 1.54) is 15.9 Å². The molecule has 3 heterocycles. The number of aromatic nitrogens is 4. The Morgan fingerprint density at radius 1 is 1.14 bits per heavy atom. The first kappa shape index (κ1) is 18.3. The molecule has 1 aromatic carbocycles. The molecule has 0 unspecified atom stereocenters. The Labute approximate surface area is 166 Å². The summed E-state index contributed by atoms with van der Waals surface area (Å²) < 4.78 is 7.85. The number of thiazole rings is 1. The van der Waals surface area contributed by atoms with E-state index in [9.17, 15) is 4.79 Å². The molecule has 0 aliphatic rings. The van der Waals surface area contributed by atoms with Crippen LogP contribution in [0.1, 0.15) is 31.7 Å². The van der Waals surface area contributed by atoms with Gasteiger partial charge in [0.2, 0.25) is 4.96 Å². The van der Waals surface area contributed by atoms with Crippen molar-refractivity contribution in [1.29, 1.82) is 0 Å². The van der Waals surface area contributed by atoms with Crippen molar-refractivity contribution < 1.29 is 4.74 Å². The van der Waals surface area contributed by atoms with Gasteiger partial charge in [0.25, 0.3) is 5.56 Å². The highest BCUT2D eigenvalue weighted by Crippen LogP contribution is 2.20. The van der Waals surface area contributed by atoms with Crippen molar-refractivity contribution in [3.63, 3.8) is 0 Å². The van der Waals surface area contributed by atoms with Crippen LogP contribution in [0.25, 0.3) is 22.4 Å². The van der Waals surface area contributed by atoms with E-state index in [2.05, 4.69) is 22.0 Å². The summed E-state index contributed by atoms with van der Waals surface area (Å²) in [6.45, 7) is 2.84. The van der Waals surface area contributed by atoms with Crippen molar-refractivity contribution in [2.24, 2.45) is 0 Å². The lowest BCUT2D eigenvalue weighted by molar-refractivity contribution is 0.305. The zero-order chi connectivity index (χ0) is 19.3. The molecule has 3 aromatic heterocycles. The van der Waals surface area contributed by atoms with E-state index in [-0.39, 0.29) is 5.56 Å². The molecule has 0 fully saturated rings. The van der Waals surface area contributed by atoms with Crippen LogP contribution in [0.15, 0.2) is 53.6 Å². The molecule has 142 valence electrons. The standard InChI is InChI=1S/C21H20N4O2S/c1-2-3-6-13-27-17-8-5-4-7-16(17)14-18-20(26)25-21(28-18)23-19(24-25)15-9-11-22-12-10-15/h4-5,7-12,14H,2-3,6,13H2,1H3. The number of ether oxygens (including phenoxy) is 1. The molecule has 0 saturated carbocycles. The Morgan fingerprint density at radius 3 is 2.75 bits per heavy atom. The average molecular weight is 392 g/mol. The van der Waals surface area contributed by atoms with E-state index in [0.29, 0.717) is 21.9 Å². The number of para-hydroxylation sites is 1. The quantitative estimate of drug-likeness (QED) is 0.451. The molecule has 0 aliphatic carbocycles. The van der Waals surface area contributed by atoms with Gasteiger partial charge in [-0.05, 0) is 30.7 Å². The summed E-state index contributed by atoms with van der Waals surface area (Å²) in [7, 11) is 0. The van der Waals surface area contributed by atoms with Crippen molar-refractivity contribution in [2.75, 3.05) is 6.61 Å². The highest BCUT2D eigenvalue weighted by atomic mass is 32.1. The van der Waals surface area contributed by atoms with Crippen LogP contribution in [0.5, 0.6) is 5.75 Å². The fourth-order valence-corrected chi connectivity index (χ4v) is 3.76. The summed E-state index contributed by atoms with van der Waals surface area (Å²) >= 11 is 1.33. The molecule has 0 bridgehead atoms. The molecule has 0 amide bonds. The van der Waals surface area contributed by atoms with Crippen LogP contribution < -0.4 is 14.8 Å². The third kappa shape index (κ3) is 3.80. The van der Waals surface area contributed by atoms with Crippen LogP contribution in [0, 0.1) is 0 Å². The van der Waals surface area contributed by atoms with Gasteiger partial charge in [-0.15, -0.1) is 5.10 Å². The van der Waals surface area contributed by atoms with Crippen LogP contribution in [-0.2, 0) is 0 Å². The molecule has 7 heteroatoms. The Bertz CT molecular complexity index is 1180. The molecular formula is C21H20N4O2S. The fourth-order valence-electron chi connectivity index (χ4n) is 2.86. The maximum atomic E-state index is 12.8. The number of unbranched alkanes of at least 4 members (excludes halogenated alkanes) is 2. The van der Waals surface area contributed by atoms with Gasteiger partial charge in [-0.3, -0.25) is 9.78 Å². The number of benzene rings is 1. The number of nitrogens with zero attached hydrogens (tertiary/aromatic N) is 4. The molecule has 4 rings (SSSR count). The van der Waals surface area contributed by atoms with Crippen molar-refractivity contribution >= 4 is 22.4 Å². The average Bonchev–Trinajstić information content (AvgIpc) is 3.27. The summed E-state index contributed by atoms with van der Waals surface area (Å²) in [5, 5.41) is 4.36. The molecule has 0 saturated heterocycles. The number of pyridine rings is 1. The van der Waals surface area contributed by atoms with Crippen LogP contribution in [-0.4, -0.2) is 26.2 Å².